The highest BCUT2D eigenvalue weighted by Gasteiger charge is 2.22. The lowest BCUT2D eigenvalue weighted by atomic mass is 10.3. The number of nitrogens with one attached hydrogen (secondary N) is 1. The Hall–Kier alpha value is -0.850. The molecule has 0 spiro atoms. The smallest absolute Gasteiger partial charge is 0.225 e. The summed E-state index contributed by atoms with van der Waals surface area (Å²) < 4.78 is 5.26. The van der Waals surface area contributed by atoms with Gasteiger partial charge in [0.2, 0.25) is 5.95 Å². The topological polar surface area (TPSA) is 47.0 Å². The number of hydrogen-bond acceptors (Lipinski definition) is 6. The summed E-state index contributed by atoms with van der Waals surface area (Å²) in [6.45, 7) is 6.90. The molecule has 3 heterocycles. The molecule has 1 fully saturated rings. The second kappa shape index (κ2) is 6.28. The molecule has 4 nitrogen and oxygen atoms in total. The zero-order valence-corrected chi connectivity index (χ0v) is 13.4. The lowest BCUT2D eigenvalue weighted by Gasteiger charge is -2.25. The molecule has 3 rings (SSSR count). The van der Waals surface area contributed by atoms with Gasteiger partial charge in [0, 0.05) is 16.8 Å². The molecule has 0 aromatic carbocycles. The van der Waals surface area contributed by atoms with Crippen LogP contribution in [0.1, 0.15) is 25.1 Å². The fourth-order valence-corrected chi connectivity index (χ4v) is 4.06. The number of aryl methyl sites for hydroxylation is 1. The van der Waals surface area contributed by atoms with Crippen molar-refractivity contribution in [1.82, 2.24) is 9.97 Å². The van der Waals surface area contributed by atoms with Crippen molar-refractivity contribution in [2.24, 2.45) is 0 Å². The molecule has 2 aromatic rings. The molecule has 20 heavy (non-hydrogen) atoms. The van der Waals surface area contributed by atoms with E-state index in [2.05, 4.69) is 30.2 Å². The van der Waals surface area contributed by atoms with Crippen molar-refractivity contribution in [3.8, 4) is 0 Å². The van der Waals surface area contributed by atoms with Gasteiger partial charge in [-0.15, -0.1) is 11.3 Å². The largest absolute Gasteiger partial charge is 0.379 e. The van der Waals surface area contributed by atoms with E-state index in [1.165, 1.54) is 10.3 Å². The Morgan fingerprint density at radius 3 is 2.90 bits per heavy atom. The van der Waals surface area contributed by atoms with E-state index in [-0.39, 0.29) is 0 Å². The quantitative estimate of drug-likeness (QED) is 0.827. The first kappa shape index (κ1) is 14.1. The predicted octanol–water partition coefficient (Wildman–Crippen LogP) is 3.57. The van der Waals surface area contributed by atoms with Crippen molar-refractivity contribution < 1.29 is 4.74 Å². The van der Waals surface area contributed by atoms with E-state index in [1.54, 1.807) is 11.3 Å². The number of fused-ring (bicyclic) bond motifs is 1. The Labute approximate surface area is 127 Å². The van der Waals surface area contributed by atoms with Gasteiger partial charge < -0.3 is 10.1 Å². The van der Waals surface area contributed by atoms with Crippen molar-refractivity contribution in [2.75, 3.05) is 25.1 Å². The number of thiophene rings is 1. The minimum absolute atomic E-state index is 0.539. The Morgan fingerprint density at radius 1 is 1.40 bits per heavy atom. The third kappa shape index (κ3) is 2.92. The first-order valence-electron chi connectivity index (χ1n) is 7.09. The maximum Gasteiger partial charge on any atom is 0.225 e. The fourth-order valence-electron chi connectivity index (χ4n) is 1.97. The Balaban J connectivity index is 1.95. The summed E-state index contributed by atoms with van der Waals surface area (Å²) in [5.74, 6) is 0.756. The monoisotopic (exact) mass is 309 g/mol. The fraction of sp³-hybridized carbons (Fsp3) is 0.571. The number of aromatic nitrogens is 2. The highest BCUT2D eigenvalue weighted by Crippen LogP contribution is 2.36. The van der Waals surface area contributed by atoms with Crippen molar-refractivity contribution in [2.45, 2.75) is 37.0 Å². The van der Waals surface area contributed by atoms with Gasteiger partial charge >= 0.3 is 0 Å². The van der Waals surface area contributed by atoms with E-state index in [0.717, 1.165) is 48.4 Å². The van der Waals surface area contributed by atoms with Crippen LogP contribution in [0, 0.1) is 0 Å². The molecule has 108 valence electrons. The van der Waals surface area contributed by atoms with E-state index in [0.29, 0.717) is 5.25 Å². The molecule has 1 aliphatic heterocycles. The van der Waals surface area contributed by atoms with Gasteiger partial charge in [-0.25, -0.2) is 9.97 Å². The van der Waals surface area contributed by atoms with Crippen molar-refractivity contribution in [1.29, 1.82) is 0 Å². The zero-order valence-electron chi connectivity index (χ0n) is 11.8. The van der Waals surface area contributed by atoms with Crippen LogP contribution in [-0.2, 0) is 11.2 Å². The molecule has 0 amide bonds. The molecule has 0 aliphatic carbocycles. The molecule has 1 aliphatic rings. The number of anilines is 1. The third-order valence-corrected chi connectivity index (χ3v) is 5.49. The van der Waals surface area contributed by atoms with E-state index >= 15 is 0 Å². The highest BCUT2D eigenvalue weighted by atomic mass is 32.2. The molecular formula is C14H19N3OS2. The minimum Gasteiger partial charge on any atom is -0.379 e. The van der Waals surface area contributed by atoms with Crippen LogP contribution in [0.15, 0.2) is 11.1 Å². The van der Waals surface area contributed by atoms with Gasteiger partial charge in [0.1, 0.15) is 9.86 Å². The van der Waals surface area contributed by atoms with Crippen LogP contribution in [0.5, 0.6) is 0 Å². The van der Waals surface area contributed by atoms with E-state index in [4.69, 9.17) is 9.72 Å². The molecule has 6 heteroatoms. The molecule has 0 unspecified atom stereocenters. The first-order valence-corrected chi connectivity index (χ1v) is 8.78. The number of nitrogens with zero attached hydrogens (tertiary/aromatic N) is 2. The molecule has 1 saturated heterocycles. The summed E-state index contributed by atoms with van der Waals surface area (Å²) in [5.41, 5.74) is 0. The van der Waals surface area contributed by atoms with Gasteiger partial charge in [-0.3, -0.25) is 0 Å². The van der Waals surface area contributed by atoms with Gasteiger partial charge in [0.25, 0.3) is 0 Å². The summed E-state index contributed by atoms with van der Waals surface area (Å²) in [7, 11) is 0. The molecule has 0 radical (unpaired) electrons. The number of rotatable bonds is 6. The second-order valence-electron chi connectivity index (χ2n) is 4.84. The first-order chi connectivity index (χ1) is 9.80. The molecular weight excluding hydrogens is 290 g/mol. The molecule has 0 saturated carbocycles. The Kier molecular flexibility index (Phi) is 4.43. The van der Waals surface area contributed by atoms with Crippen LogP contribution >= 0.6 is 23.1 Å². The van der Waals surface area contributed by atoms with Crippen LogP contribution in [0.4, 0.5) is 5.95 Å². The van der Waals surface area contributed by atoms with Crippen LogP contribution in [0.2, 0.25) is 0 Å². The summed E-state index contributed by atoms with van der Waals surface area (Å²) in [4.78, 5) is 11.8. The van der Waals surface area contributed by atoms with E-state index in [9.17, 15) is 0 Å². The van der Waals surface area contributed by atoms with E-state index < -0.39 is 0 Å². The van der Waals surface area contributed by atoms with Crippen LogP contribution in [-0.4, -0.2) is 35.0 Å². The van der Waals surface area contributed by atoms with Crippen molar-refractivity contribution in [3.05, 3.63) is 10.9 Å². The lowest BCUT2D eigenvalue weighted by Crippen LogP contribution is -2.30. The third-order valence-electron chi connectivity index (χ3n) is 3.18. The zero-order chi connectivity index (χ0) is 13.9. The Morgan fingerprint density at radius 2 is 2.25 bits per heavy atom. The normalized spacial score (nSPS) is 15.5. The van der Waals surface area contributed by atoms with Gasteiger partial charge in [0.05, 0.1) is 18.5 Å². The molecule has 1 N–H and O–H groups in total. The number of hydrogen-bond donors (Lipinski definition) is 1. The molecule has 0 bridgehead atoms. The average Bonchev–Trinajstić information content (AvgIpc) is 2.83. The standard InChI is InChI=1S/C14H19N3OS2/c1-3-5-15-14-16-12-11(6-9(4-2)19-12)13(17-14)20-10-7-18-8-10/h6,10H,3-5,7-8H2,1-2H3,(H,15,16,17). The summed E-state index contributed by atoms with van der Waals surface area (Å²) in [6, 6.07) is 2.24. The number of ether oxygens (including phenoxy) is 1. The van der Waals surface area contributed by atoms with Crippen molar-refractivity contribution in [3.63, 3.8) is 0 Å². The minimum atomic E-state index is 0.539. The van der Waals surface area contributed by atoms with Crippen LogP contribution in [0.3, 0.4) is 0 Å². The van der Waals surface area contributed by atoms with Crippen LogP contribution < -0.4 is 5.32 Å². The van der Waals surface area contributed by atoms with Crippen LogP contribution in [0.25, 0.3) is 10.2 Å². The van der Waals surface area contributed by atoms with E-state index in [1.807, 2.05) is 11.8 Å². The average molecular weight is 309 g/mol. The highest BCUT2D eigenvalue weighted by molar-refractivity contribution is 8.00. The summed E-state index contributed by atoms with van der Waals surface area (Å²) >= 11 is 3.60. The van der Waals surface area contributed by atoms with Gasteiger partial charge in [-0.05, 0) is 18.9 Å². The van der Waals surface area contributed by atoms with Gasteiger partial charge in [0.15, 0.2) is 0 Å². The maximum atomic E-state index is 5.26. The Bertz CT molecular complexity index is 595. The molecule has 0 atom stereocenters. The SMILES string of the molecule is CCCNc1nc(SC2COC2)c2cc(CC)sc2n1. The summed E-state index contributed by atoms with van der Waals surface area (Å²) in [6.07, 6.45) is 2.13. The van der Waals surface area contributed by atoms with Crippen molar-refractivity contribution >= 4 is 39.3 Å². The number of thioether (sulfide) groups is 1. The van der Waals surface area contributed by atoms with Gasteiger partial charge in [-0.2, -0.15) is 0 Å². The summed E-state index contributed by atoms with van der Waals surface area (Å²) in [5, 5.41) is 6.14. The maximum absolute atomic E-state index is 5.26. The predicted molar refractivity (Wildman–Crippen MR) is 86.0 cm³/mol. The lowest BCUT2D eigenvalue weighted by molar-refractivity contribution is 0.0455. The molecule has 2 aromatic heterocycles. The van der Waals surface area contributed by atoms with Gasteiger partial charge in [-0.1, -0.05) is 25.6 Å². The second-order valence-corrected chi connectivity index (χ2v) is 7.25.